The number of amides is 2. The third kappa shape index (κ3) is 4.04. The molecule has 10 heteroatoms. The van der Waals surface area contributed by atoms with Crippen molar-refractivity contribution in [3.05, 3.63) is 44.6 Å². The van der Waals surface area contributed by atoms with Gasteiger partial charge in [-0.1, -0.05) is 26.7 Å². The molecule has 1 saturated carbocycles. The van der Waals surface area contributed by atoms with E-state index in [-0.39, 0.29) is 52.6 Å². The summed E-state index contributed by atoms with van der Waals surface area (Å²) in [6.45, 7) is 4.26. The first-order chi connectivity index (χ1) is 15.3. The van der Waals surface area contributed by atoms with Crippen LogP contribution in [0.2, 0.25) is 0 Å². The van der Waals surface area contributed by atoms with Crippen LogP contribution in [0.5, 0.6) is 0 Å². The van der Waals surface area contributed by atoms with Gasteiger partial charge in [0.1, 0.15) is 6.54 Å². The van der Waals surface area contributed by atoms with E-state index in [9.17, 15) is 19.2 Å². The summed E-state index contributed by atoms with van der Waals surface area (Å²) >= 11 is 0. The van der Waals surface area contributed by atoms with Crippen molar-refractivity contribution in [2.75, 3.05) is 6.54 Å². The second kappa shape index (κ2) is 8.60. The Kier molecular flexibility index (Phi) is 5.86. The van der Waals surface area contributed by atoms with Gasteiger partial charge in [-0.15, -0.1) is 5.10 Å². The van der Waals surface area contributed by atoms with E-state index in [0.717, 1.165) is 30.4 Å². The number of hydrogen-bond acceptors (Lipinski definition) is 5. The summed E-state index contributed by atoms with van der Waals surface area (Å²) in [5.74, 6) is -0.174. The fourth-order valence-electron chi connectivity index (χ4n) is 4.12. The first kappa shape index (κ1) is 21.8. The highest BCUT2D eigenvalue weighted by molar-refractivity contribution is 5.98. The molecule has 3 aromatic rings. The van der Waals surface area contributed by atoms with Crippen LogP contribution in [0.3, 0.4) is 0 Å². The van der Waals surface area contributed by atoms with Gasteiger partial charge in [-0.3, -0.25) is 19.0 Å². The van der Waals surface area contributed by atoms with Crippen LogP contribution in [0, 0.1) is 5.92 Å². The van der Waals surface area contributed by atoms with Crippen LogP contribution < -0.4 is 21.9 Å². The molecule has 0 aliphatic heterocycles. The first-order valence-corrected chi connectivity index (χ1v) is 11.0. The van der Waals surface area contributed by atoms with Gasteiger partial charge in [0.2, 0.25) is 11.7 Å². The van der Waals surface area contributed by atoms with Gasteiger partial charge >= 0.3 is 5.69 Å². The zero-order valence-corrected chi connectivity index (χ0v) is 18.6. The minimum atomic E-state index is -0.540. The van der Waals surface area contributed by atoms with Crippen molar-refractivity contribution < 1.29 is 9.59 Å². The van der Waals surface area contributed by atoms with Crippen LogP contribution in [-0.2, 0) is 18.4 Å². The molecule has 2 heterocycles. The smallest absolute Gasteiger partial charge is 0.352 e. The van der Waals surface area contributed by atoms with E-state index in [1.54, 1.807) is 6.07 Å². The highest BCUT2D eigenvalue weighted by atomic mass is 16.2. The lowest BCUT2D eigenvalue weighted by Crippen LogP contribution is -2.37. The number of nitrogens with zero attached hydrogens (tertiary/aromatic N) is 4. The molecule has 2 amide bonds. The van der Waals surface area contributed by atoms with Gasteiger partial charge in [-0.25, -0.2) is 13.9 Å². The molecule has 32 heavy (non-hydrogen) atoms. The van der Waals surface area contributed by atoms with Crippen LogP contribution >= 0.6 is 0 Å². The Morgan fingerprint density at radius 1 is 1.19 bits per heavy atom. The molecule has 0 radical (unpaired) electrons. The molecule has 0 atom stereocenters. The Hall–Kier alpha value is -3.43. The van der Waals surface area contributed by atoms with Crippen molar-refractivity contribution in [3.8, 4) is 0 Å². The van der Waals surface area contributed by atoms with E-state index in [0.29, 0.717) is 12.1 Å². The molecule has 2 N–H and O–H groups in total. The molecule has 1 aliphatic rings. The number of hydrogen-bond donors (Lipinski definition) is 2. The predicted molar refractivity (Wildman–Crippen MR) is 120 cm³/mol. The van der Waals surface area contributed by atoms with Gasteiger partial charge < -0.3 is 10.6 Å². The Labute approximate surface area is 184 Å². The molecule has 1 aliphatic carbocycles. The summed E-state index contributed by atoms with van der Waals surface area (Å²) in [5.41, 5.74) is -0.254. The van der Waals surface area contributed by atoms with Crippen LogP contribution in [0.25, 0.3) is 16.7 Å². The zero-order chi connectivity index (χ0) is 23.0. The minimum absolute atomic E-state index is 0.112. The molecule has 0 unspecified atom stereocenters. The Morgan fingerprint density at radius 2 is 1.91 bits per heavy atom. The SMILES string of the molecule is CC(C)CNC(=O)c1ccc2c(=O)n(C)c3nn(CC(=O)NC4CCCC4)c(=O)n3c2c1. The molecule has 2 aromatic heterocycles. The number of carbonyl (C=O) groups excluding carboxylic acids is 2. The third-order valence-corrected chi connectivity index (χ3v) is 5.84. The summed E-state index contributed by atoms with van der Waals surface area (Å²) < 4.78 is 3.61. The fraction of sp³-hybridized carbons (Fsp3) is 0.500. The number of rotatable bonds is 6. The number of aryl methyl sites for hydroxylation is 1. The van der Waals surface area contributed by atoms with Gasteiger partial charge in [-0.2, -0.15) is 0 Å². The average molecular weight is 441 g/mol. The van der Waals surface area contributed by atoms with E-state index in [1.807, 2.05) is 13.8 Å². The topological polar surface area (TPSA) is 120 Å². The van der Waals surface area contributed by atoms with Gasteiger partial charge in [0.15, 0.2) is 0 Å². The van der Waals surface area contributed by atoms with Gasteiger partial charge in [-0.05, 0) is 37.0 Å². The molecule has 0 bridgehead atoms. The fourth-order valence-corrected chi connectivity index (χ4v) is 4.12. The summed E-state index contributed by atoms with van der Waals surface area (Å²) in [7, 11) is 1.52. The lowest BCUT2D eigenvalue weighted by atomic mass is 10.1. The van der Waals surface area contributed by atoms with Gasteiger partial charge in [0, 0.05) is 25.2 Å². The summed E-state index contributed by atoms with van der Waals surface area (Å²) in [6.07, 6.45) is 4.04. The van der Waals surface area contributed by atoms with Crippen LogP contribution in [0.1, 0.15) is 49.9 Å². The molecule has 0 spiro atoms. The Morgan fingerprint density at radius 3 is 2.59 bits per heavy atom. The molecule has 170 valence electrons. The highest BCUT2D eigenvalue weighted by Gasteiger charge is 2.21. The molecule has 10 nitrogen and oxygen atoms in total. The van der Waals surface area contributed by atoms with Crippen molar-refractivity contribution in [3.63, 3.8) is 0 Å². The van der Waals surface area contributed by atoms with Crippen molar-refractivity contribution in [1.29, 1.82) is 0 Å². The van der Waals surface area contributed by atoms with E-state index in [1.165, 1.54) is 28.1 Å². The molecule has 1 fully saturated rings. The molecule has 1 aromatic carbocycles. The maximum Gasteiger partial charge on any atom is 0.352 e. The maximum atomic E-state index is 13.1. The first-order valence-electron chi connectivity index (χ1n) is 11.0. The van der Waals surface area contributed by atoms with E-state index >= 15 is 0 Å². The normalized spacial score (nSPS) is 14.5. The number of aromatic nitrogens is 4. The Bertz CT molecular complexity index is 1310. The van der Waals surface area contributed by atoms with E-state index in [2.05, 4.69) is 15.7 Å². The van der Waals surface area contributed by atoms with Crippen molar-refractivity contribution in [2.45, 2.75) is 52.1 Å². The average Bonchev–Trinajstić information content (AvgIpc) is 3.38. The lowest BCUT2D eigenvalue weighted by molar-refractivity contribution is -0.122. The van der Waals surface area contributed by atoms with Crippen molar-refractivity contribution >= 4 is 28.5 Å². The monoisotopic (exact) mass is 440 g/mol. The summed E-state index contributed by atoms with van der Waals surface area (Å²) in [5, 5.41) is 10.3. The number of nitrogens with one attached hydrogen (secondary N) is 2. The minimum Gasteiger partial charge on any atom is -0.352 e. The van der Waals surface area contributed by atoms with E-state index < -0.39 is 5.69 Å². The van der Waals surface area contributed by atoms with Crippen LogP contribution in [0.4, 0.5) is 0 Å². The molecule has 4 rings (SSSR count). The maximum absolute atomic E-state index is 13.1. The van der Waals surface area contributed by atoms with E-state index in [4.69, 9.17) is 0 Å². The quantitative estimate of drug-likeness (QED) is 0.587. The van der Waals surface area contributed by atoms with Crippen LogP contribution in [-0.4, -0.2) is 43.1 Å². The van der Waals surface area contributed by atoms with Gasteiger partial charge in [0.05, 0.1) is 10.9 Å². The largest absolute Gasteiger partial charge is 0.352 e. The lowest BCUT2D eigenvalue weighted by Gasteiger charge is -2.10. The number of benzene rings is 1. The second-order valence-electron chi connectivity index (χ2n) is 8.82. The summed E-state index contributed by atoms with van der Waals surface area (Å²) in [6, 6.07) is 4.76. The molecule has 0 saturated heterocycles. The second-order valence-corrected chi connectivity index (χ2v) is 8.82. The number of fused-ring (bicyclic) bond motifs is 3. The molecular weight excluding hydrogens is 412 g/mol. The number of carbonyl (C=O) groups is 2. The van der Waals surface area contributed by atoms with Gasteiger partial charge in [0.25, 0.3) is 11.5 Å². The highest BCUT2D eigenvalue weighted by Crippen LogP contribution is 2.17. The zero-order valence-electron chi connectivity index (χ0n) is 18.6. The molecular formula is C22H28N6O4. The van der Waals surface area contributed by atoms with Crippen molar-refractivity contribution in [1.82, 2.24) is 29.4 Å². The Balaban J connectivity index is 1.75. The third-order valence-electron chi connectivity index (χ3n) is 5.84. The van der Waals surface area contributed by atoms with Crippen LogP contribution in [0.15, 0.2) is 27.8 Å². The van der Waals surface area contributed by atoms with Crippen molar-refractivity contribution in [2.24, 2.45) is 13.0 Å². The standard InChI is InChI=1S/C22H28N6O4/c1-13(2)11-23-19(30)14-8-9-16-17(10-14)28-21(26(3)20(16)31)25-27(22(28)32)12-18(29)24-15-6-4-5-7-15/h8-10,13,15H,4-7,11-12H2,1-3H3,(H,23,30)(H,24,29). The summed E-state index contributed by atoms with van der Waals surface area (Å²) in [4.78, 5) is 50.9. The predicted octanol–water partition coefficient (Wildman–Crippen LogP) is 0.793.